The number of carbonyl (C=O) groups excluding carboxylic acids is 1. The van der Waals surface area contributed by atoms with Gasteiger partial charge in [-0.25, -0.2) is 0 Å². The molecule has 1 amide bonds. The molecule has 1 aliphatic rings. The lowest BCUT2D eigenvalue weighted by atomic mass is 9.85. The van der Waals surface area contributed by atoms with E-state index in [0.717, 1.165) is 12.4 Å². The second-order valence-electron chi connectivity index (χ2n) is 6.88. The Morgan fingerprint density at radius 1 is 1.30 bits per heavy atom. The maximum absolute atomic E-state index is 12.4. The topological polar surface area (TPSA) is 75.6 Å². The van der Waals surface area contributed by atoms with Gasteiger partial charge in [0.1, 0.15) is 5.75 Å². The number of carboxylic acid groups (broad SMARTS) is 1. The molecule has 1 saturated carbocycles. The molecule has 1 aromatic carbocycles. The van der Waals surface area contributed by atoms with Crippen LogP contribution in [0.4, 0.5) is 0 Å². The van der Waals surface area contributed by atoms with E-state index < -0.39 is 11.5 Å². The van der Waals surface area contributed by atoms with Crippen molar-refractivity contribution in [2.45, 2.75) is 45.6 Å². The fourth-order valence-electron chi connectivity index (χ4n) is 2.24. The lowest BCUT2D eigenvalue weighted by molar-refractivity contribution is -0.138. The van der Waals surface area contributed by atoms with Crippen LogP contribution in [0.5, 0.6) is 5.75 Å². The summed E-state index contributed by atoms with van der Waals surface area (Å²) in [5.41, 5.74) is -0.287. The van der Waals surface area contributed by atoms with Crippen LogP contribution < -0.4 is 10.1 Å². The van der Waals surface area contributed by atoms with Crippen molar-refractivity contribution in [1.82, 2.24) is 5.32 Å². The lowest BCUT2D eigenvalue weighted by Gasteiger charge is -2.33. The summed E-state index contributed by atoms with van der Waals surface area (Å²) >= 11 is 0. The molecule has 1 aromatic rings. The van der Waals surface area contributed by atoms with Gasteiger partial charge in [-0.05, 0) is 55.9 Å². The zero-order valence-corrected chi connectivity index (χ0v) is 14.0. The summed E-state index contributed by atoms with van der Waals surface area (Å²) < 4.78 is 5.65. The summed E-state index contributed by atoms with van der Waals surface area (Å²) in [7, 11) is 0. The molecule has 0 aliphatic heterocycles. The third-order valence-corrected chi connectivity index (χ3v) is 4.49. The molecule has 0 aromatic heterocycles. The van der Waals surface area contributed by atoms with Crippen molar-refractivity contribution in [1.29, 1.82) is 0 Å². The van der Waals surface area contributed by atoms with Crippen molar-refractivity contribution in [3.05, 3.63) is 29.8 Å². The smallest absolute Gasteiger partial charge is 0.305 e. The van der Waals surface area contributed by atoms with Gasteiger partial charge in [-0.3, -0.25) is 9.59 Å². The first-order valence-electron chi connectivity index (χ1n) is 8.07. The molecule has 0 saturated heterocycles. The molecule has 0 radical (unpaired) electrons. The molecule has 2 N–H and O–H groups in total. The Bertz CT molecular complexity index is 563. The van der Waals surface area contributed by atoms with E-state index in [1.807, 2.05) is 13.8 Å². The third-order valence-electron chi connectivity index (χ3n) is 4.49. The third kappa shape index (κ3) is 4.98. The minimum atomic E-state index is -0.926. The van der Waals surface area contributed by atoms with Gasteiger partial charge in [0.05, 0.1) is 18.6 Å². The number of amides is 1. The van der Waals surface area contributed by atoms with Crippen LogP contribution in [0.1, 0.15) is 50.4 Å². The SMILES string of the molecule is CC(C)C(C)(CC(=O)O)NC(=O)c1ccc(OCC2CC2)cc1. The molecule has 0 heterocycles. The van der Waals surface area contributed by atoms with Crippen LogP contribution >= 0.6 is 0 Å². The number of benzene rings is 1. The van der Waals surface area contributed by atoms with E-state index in [-0.39, 0.29) is 18.2 Å². The Balaban J connectivity index is 1.98. The van der Waals surface area contributed by atoms with Gasteiger partial charge < -0.3 is 15.2 Å². The van der Waals surface area contributed by atoms with E-state index in [0.29, 0.717) is 11.5 Å². The number of ether oxygens (including phenoxy) is 1. The molecule has 1 atom stereocenters. The molecule has 126 valence electrons. The predicted octanol–water partition coefficient (Wildman–Crippen LogP) is 3.09. The van der Waals surface area contributed by atoms with Crippen molar-refractivity contribution in [3.8, 4) is 5.75 Å². The Morgan fingerprint density at radius 3 is 2.39 bits per heavy atom. The average Bonchev–Trinajstić information content (AvgIpc) is 3.28. The van der Waals surface area contributed by atoms with E-state index in [2.05, 4.69) is 5.32 Å². The first-order chi connectivity index (χ1) is 10.8. The Labute approximate surface area is 137 Å². The van der Waals surface area contributed by atoms with Crippen LogP contribution in [0.2, 0.25) is 0 Å². The second-order valence-corrected chi connectivity index (χ2v) is 6.88. The minimum Gasteiger partial charge on any atom is -0.493 e. The lowest BCUT2D eigenvalue weighted by Crippen LogP contribution is -2.51. The van der Waals surface area contributed by atoms with Crippen LogP contribution in [0.3, 0.4) is 0 Å². The van der Waals surface area contributed by atoms with Crippen LogP contribution in [0.25, 0.3) is 0 Å². The van der Waals surface area contributed by atoms with Gasteiger partial charge in [0.15, 0.2) is 0 Å². The minimum absolute atomic E-state index is 0.00342. The molecular weight excluding hydrogens is 294 g/mol. The van der Waals surface area contributed by atoms with Gasteiger partial charge in [-0.1, -0.05) is 13.8 Å². The molecule has 5 nitrogen and oxygen atoms in total. The first kappa shape index (κ1) is 17.3. The molecule has 1 fully saturated rings. The molecule has 2 rings (SSSR count). The monoisotopic (exact) mass is 319 g/mol. The molecule has 5 heteroatoms. The van der Waals surface area contributed by atoms with Crippen molar-refractivity contribution in [2.24, 2.45) is 11.8 Å². The maximum Gasteiger partial charge on any atom is 0.305 e. The number of nitrogens with one attached hydrogen (secondary N) is 1. The maximum atomic E-state index is 12.4. The Hall–Kier alpha value is -2.04. The number of hydrogen-bond acceptors (Lipinski definition) is 3. The summed E-state index contributed by atoms with van der Waals surface area (Å²) in [4.78, 5) is 23.4. The summed E-state index contributed by atoms with van der Waals surface area (Å²) in [5, 5.41) is 11.9. The Morgan fingerprint density at radius 2 is 1.91 bits per heavy atom. The van der Waals surface area contributed by atoms with Crippen molar-refractivity contribution >= 4 is 11.9 Å². The molecule has 1 aliphatic carbocycles. The highest BCUT2D eigenvalue weighted by Crippen LogP contribution is 2.29. The van der Waals surface area contributed by atoms with Crippen molar-refractivity contribution < 1.29 is 19.4 Å². The highest BCUT2D eigenvalue weighted by atomic mass is 16.5. The van der Waals surface area contributed by atoms with E-state index >= 15 is 0 Å². The molecule has 0 spiro atoms. The number of aliphatic carboxylic acids is 1. The zero-order valence-electron chi connectivity index (χ0n) is 14.0. The predicted molar refractivity (Wildman–Crippen MR) is 87.6 cm³/mol. The molecule has 23 heavy (non-hydrogen) atoms. The molecular formula is C18H25NO4. The van der Waals surface area contributed by atoms with Gasteiger partial charge in [0, 0.05) is 5.56 Å². The second kappa shape index (κ2) is 7.02. The van der Waals surface area contributed by atoms with E-state index in [1.54, 1.807) is 31.2 Å². The van der Waals surface area contributed by atoms with Gasteiger partial charge in [-0.2, -0.15) is 0 Å². The summed E-state index contributed by atoms with van der Waals surface area (Å²) in [6.45, 7) is 6.29. The van der Waals surface area contributed by atoms with E-state index in [9.17, 15) is 9.59 Å². The van der Waals surface area contributed by atoms with Crippen molar-refractivity contribution in [2.75, 3.05) is 6.61 Å². The van der Waals surface area contributed by atoms with Crippen LogP contribution in [-0.2, 0) is 4.79 Å². The standard InChI is InChI=1S/C18H25NO4/c1-12(2)18(3,10-16(20)21)19-17(22)14-6-8-15(9-7-14)23-11-13-4-5-13/h6-9,12-13H,4-5,10-11H2,1-3H3,(H,19,22)(H,20,21). The highest BCUT2D eigenvalue weighted by Gasteiger charge is 2.33. The van der Waals surface area contributed by atoms with E-state index in [1.165, 1.54) is 12.8 Å². The zero-order chi connectivity index (χ0) is 17.0. The first-order valence-corrected chi connectivity index (χ1v) is 8.07. The van der Waals surface area contributed by atoms with Gasteiger partial charge >= 0.3 is 5.97 Å². The number of rotatable bonds is 8. The fourth-order valence-corrected chi connectivity index (χ4v) is 2.24. The average molecular weight is 319 g/mol. The number of carbonyl (C=O) groups is 2. The summed E-state index contributed by atoms with van der Waals surface area (Å²) in [6, 6.07) is 6.97. The summed E-state index contributed by atoms with van der Waals surface area (Å²) in [6.07, 6.45) is 2.36. The number of carboxylic acids is 1. The molecule has 0 bridgehead atoms. The molecule has 1 unspecified atom stereocenters. The van der Waals surface area contributed by atoms with Crippen LogP contribution in [-0.4, -0.2) is 29.1 Å². The number of hydrogen-bond donors (Lipinski definition) is 2. The summed E-state index contributed by atoms with van der Waals surface area (Å²) in [5.74, 6) is 0.247. The van der Waals surface area contributed by atoms with Gasteiger partial charge in [-0.15, -0.1) is 0 Å². The van der Waals surface area contributed by atoms with Gasteiger partial charge in [0.25, 0.3) is 5.91 Å². The largest absolute Gasteiger partial charge is 0.493 e. The van der Waals surface area contributed by atoms with Crippen LogP contribution in [0.15, 0.2) is 24.3 Å². The fraction of sp³-hybridized carbons (Fsp3) is 0.556. The van der Waals surface area contributed by atoms with E-state index in [4.69, 9.17) is 9.84 Å². The Kier molecular flexibility index (Phi) is 5.29. The van der Waals surface area contributed by atoms with Crippen molar-refractivity contribution in [3.63, 3.8) is 0 Å². The normalized spacial score (nSPS) is 16.7. The van der Waals surface area contributed by atoms with Gasteiger partial charge in [0.2, 0.25) is 0 Å². The quantitative estimate of drug-likeness (QED) is 0.772. The van der Waals surface area contributed by atoms with Crippen LogP contribution in [0, 0.1) is 11.8 Å². The highest BCUT2D eigenvalue weighted by molar-refractivity contribution is 5.95.